The van der Waals surface area contributed by atoms with Gasteiger partial charge in [-0.1, -0.05) is 6.07 Å². The van der Waals surface area contributed by atoms with Crippen LogP contribution in [0.15, 0.2) is 30.5 Å². The number of hydrogen-bond donors (Lipinski definition) is 2. The van der Waals surface area contributed by atoms with E-state index in [1.165, 1.54) is 0 Å². The largest absolute Gasteiger partial charge is 0.394 e. The second kappa shape index (κ2) is 5.01. The summed E-state index contributed by atoms with van der Waals surface area (Å²) in [5.41, 5.74) is 5.29. The van der Waals surface area contributed by atoms with Gasteiger partial charge in [0.2, 0.25) is 0 Å². The lowest BCUT2D eigenvalue weighted by Crippen LogP contribution is -2.14. The topological polar surface area (TPSA) is 68.0 Å². The highest BCUT2D eigenvalue weighted by molar-refractivity contribution is 6.04. The van der Waals surface area contributed by atoms with Gasteiger partial charge < -0.3 is 11.1 Å². The molecule has 4 nitrogen and oxygen atoms in total. The van der Waals surface area contributed by atoms with Crippen LogP contribution in [0.2, 0.25) is 0 Å². The number of nitrogens with zero attached hydrogens (tertiary/aromatic N) is 1. The maximum absolute atomic E-state index is 13.2. The minimum Gasteiger partial charge on any atom is -0.394 e. The smallest absolute Gasteiger partial charge is 0.257 e. The van der Waals surface area contributed by atoms with Crippen molar-refractivity contribution in [2.45, 2.75) is 6.92 Å². The molecule has 2 aromatic rings. The molecule has 0 fully saturated rings. The van der Waals surface area contributed by atoms with E-state index in [1.54, 1.807) is 18.3 Å². The van der Waals surface area contributed by atoms with Crippen LogP contribution in [0.1, 0.15) is 15.9 Å². The third-order valence-corrected chi connectivity index (χ3v) is 2.49. The summed E-state index contributed by atoms with van der Waals surface area (Å²) < 4.78 is 26.5. The Labute approximate surface area is 108 Å². The fraction of sp³-hybridized carbons (Fsp3) is 0.0769. The SMILES string of the molecule is Cc1ccc(NC(=O)c2cc(F)c(N)c(F)c2)nc1. The number of nitrogens with one attached hydrogen (secondary N) is 1. The molecule has 0 saturated heterocycles. The number of carbonyl (C=O) groups is 1. The monoisotopic (exact) mass is 263 g/mol. The number of carbonyl (C=O) groups excluding carboxylic acids is 1. The zero-order chi connectivity index (χ0) is 14.0. The first-order valence-corrected chi connectivity index (χ1v) is 5.46. The average molecular weight is 263 g/mol. The molecule has 98 valence electrons. The molecule has 1 aromatic heterocycles. The van der Waals surface area contributed by atoms with E-state index >= 15 is 0 Å². The van der Waals surface area contributed by atoms with Gasteiger partial charge in [0.05, 0.1) is 0 Å². The zero-order valence-electron chi connectivity index (χ0n) is 10.1. The first-order chi connectivity index (χ1) is 8.97. The summed E-state index contributed by atoms with van der Waals surface area (Å²) in [6.45, 7) is 1.85. The maximum atomic E-state index is 13.2. The van der Waals surface area contributed by atoms with E-state index in [9.17, 15) is 13.6 Å². The van der Waals surface area contributed by atoms with Crippen molar-refractivity contribution in [3.63, 3.8) is 0 Å². The molecule has 0 unspecified atom stereocenters. The van der Waals surface area contributed by atoms with E-state index in [-0.39, 0.29) is 5.56 Å². The molecule has 3 N–H and O–H groups in total. The summed E-state index contributed by atoms with van der Waals surface area (Å²) in [5.74, 6) is -2.30. The Balaban J connectivity index is 2.23. The van der Waals surface area contributed by atoms with Crippen LogP contribution in [0.25, 0.3) is 0 Å². The van der Waals surface area contributed by atoms with Crippen LogP contribution in [0.5, 0.6) is 0 Å². The van der Waals surface area contributed by atoms with Crippen LogP contribution in [0, 0.1) is 18.6 Å². The van der Waals surface area contributed by atoms with Crippen LogP contribution < -0.4 is 11.1 Å². The molecule has 1 aromatic carbocycles. The van der Waals surface area contributed by atoms with Gasteiger partial charge in [-0.3, -0.25) is 4.79 Å². The lowest BCUT2D eigenvalue weighted by Gasteiger charge is -2.06. The van der Waals surface area contributed by atoms with Crippen LogP contribution in [0.3, 0.4) is 0 Å². The molecule has 0 aliphatic carbocycles. The maximum Gasteiger partial charge on any atom is 0.257 e. The highest BCUT2D eigenvalue weighted by Gasteiger charge is 2.13. The van der Waals surface area contributed by atoms with Crippen molar-refractivity contribution >= 4 is 17.4 Å². The van der Waals surface area contributed by atoms with Gasteiger partial charge in [0.25, 0.3) is 5.91 Å². The summed E-state index contributed by atoms with van der Waals surface area (Å²) in [4.78, 5) is 15.8. The molecule has 0 aliphatic rings. The number of nitrogen functional groups attached to an aromatic ring is 1. The molecule has 19 heavy (non-hydrogen) atoms. The minimum absolute atomic E-state index is 0.161. The van der Waals surface area contributed by atoms with Crippen molar-refractivity contribution in [1.82, 2.24) is 4.98 Å². The van der Waals surface area contributed by atoms with Gasteiger partial charge in [0.1, 0.15) is 23.1 Å². The fourth-order valence-electron chi connectivity index (χ4n) is 1.45. The van der Waals surface area contributed by atoms with Crippen molar-refractivity contribution in [1.29, 1.82) is 0 Å². The zero-order valence-corrected chi connectivity index (χ0v) is 10.1. The van der Waals surface area contributed by atoms with Gasteiger partial charge in [0, 0.05) is 11.8 Å². The summed E-state index contributed by atoms with van der Waals surface area (Å²) in [6.07, 6.45) is 1.57. The molecule has 1 amide bonds. The highest BCUT2D eigenvalue weighted by Crippen LogP contribution is 2.18. The number of anilines is 2. The van der Waals surface area contributed by atoms with Gasteiger partial charge in [-0.2, -0.15) is 0 Å². The summed E-state index contributed by atoms with van der Waals surface area (Å²) in [5, 5.41) is 2.44. The number of amides is 1. The lowest BCUT2D eigenvalue weighted by atomic mass is 10.1. The molecule has 0 radical (unpaired) electrons. The number of benzene rings is 1. The van der Waals surface area contributed by atoms with Crippen molar-refractivity contribution in [3.8, 4) is 0 Å². The standard InChI is InChI=1S/C13H11F2N3O/c1-7-2-3-11(17-6-7)18-13(19)8-4-9(14)12(16)10(15)5-8/h2-6H,16H2,1H3,(H,17,18,19). The lowest BCUT2D eigenvalue weighted by molar-refractivity contribution is 0.102. The molecule has 0 saturated carbocycles. The van der Waals surface area contributed by atoms with Crippen LogP contribution in [-0.2, 0) is 0 Å². The Morgan fingerprint density at radius 1 is 1.26 bits per heavy atom. The number of nitrogens with two attached hydrogens (primary N) is 1. The van der Waals surface area contributed by atoms with Crippen molar-refractivity contribution < 1.29 is 13.6 Å². The number of hydrogen-bond acceptors (Lipinski definition) is 3. The van der Waals surface area contributed by atoms with E-state index in [0.29, 0.717) is 5.82 Å². The second-order valence-corrected chi connectivity index (χ2v) is 4.03. The highest BCUT2D eigenvalue weighted by atomic mass is 19.1. The summed E-state index contributed by atoms with van der Waals surface area (Å²) in [6, 6.07) is 5.11. The predicted octanol–water partition coefficient (Wildman–Crippen LogP) is 2.50. The molecule has 0 bridgehead atoms. The Kier molecular flexibility index (Phi) is 3.41. The molecule has 6 heteroatoms. The van der Waals surface area contributed by atoms with E-state index in [1.807, 2.05) is 6.92 Å². The molecular formula is C13H11F2N3O. The number of aromatic nitrogens is 1. The second-order valence-electron chi connectivity index (χ2n) is 4.03. The molecular weight excluding hydrogens is 252 g/mol. The Hall–Kier alpha value is -2.50. The van der Waals surface area contributed by atoms with Gasteiger partial charge >= 0.3 is 0 Å². The van der Waals surface area contributed by atoms with Crippen molar-refractivity contribution in [3.05, 3.63) is 53.2 Å². The first kappa shape index (κ1) is 12.9. The molecule has 1 heterocycles. The van der Waals surface area contributed by atoms with Crippen LogP contribution in [-0.4, -0.2) is 10.9 Å². The van der Waals surface area contributed by atoms with E-state index < -0.39 is 23.2 Å². The Morgan fingerprint density at radius 3 is 2.42 bits per heavy atom. The van der Waals surface area contributed by atoms with E-state index in [0.717, 1.165) is 17.7 Å². The third-order valence-electron chi connectivity index (χ3n) is 2.49. The summed E-state index contributed by atoms with van der Waals surface area (Å²) in [7, 11) is 0. The quantitative estimate of drug-likeness (QED) is 0.818. The normalized spacial score (nSPS) is 10.3. The minimum atomic E-state index is -0.970. The first-order valence-electron chi connectivity index (χ1n) is 5.46. The van der Waals surface area contributed by atoms with Crippen LogP contribution >= 0.6 is 0 Å². The molecule has 0 atom stereocenters. The van der Waals surface area contributed by atoms with Crippen molar-refractivity contribution in [2.75, 3.05) is 11.1 Å². The van der Waals surface area contributed by atoms with Gasteiger partial charge in [-0.15, -0.1) is 0 Å². The molecule has 2 rings (SSSR count). The van der Waals surface area contributed by atoms with Gasteiger partial charge in [-0.05, 0) is 30.7 Å². The number of rotatable bonds is 2. The predicted molar refractivity (Wildman–Crippen MR) is 67.7 cm³/mol. The van der Waals surface area contributed by atoms with Gasteiger partial charge in [-0.25, -0.2) is 13.8 Å². The average Bonchev–Trinajstić information content (AvgIpc) is 2.38. The third kappa shape index (κ3) is 2.85. The number of aryl methyl sites for hydroxylation is 1. The number of pyridine rings is 1. The van der Waals surface area contributed by atoms with Crippen molar-refractivity contribution in [2.24, 2.45) is 0 Å². The molecule has 0 aliphatic heterocycles. The number of halogens is 2. The Bertz CT molecular complexity index is 603. The van der Waals surface area contributed by atoms with Gasteiger partial charge in [0.15, 0.2) is 0 Å². The summed E-state index contributed by atoms with van der Waals surface area (Å²) >= 11 is 0. The molecule has 0 spiro atoms. The van der Waals surface area contributed by atoms with E-state index in [4.69, 9.17) is 5.73 Å². The van der Waals surface area contributed by atoms with E-state index in [2.05, 4.69) is 10.3 Å². The van der Waals surface area contributed by atoms with Crippen LogP contribution in [0.4, 0.5) is 20.3 Å². The fourth-order valence-corrected chi connectivity index (χ4v) is 1.45. The Morgan fingerprint density at radius 2 is 1.89 bits per heavy atom.